The van der Waals surface area contributed by atoms with Crippen molar-refractivity contribution in [2.75, 3.05) is 26.3 Å². The monoisotopic (exact) mass is 391 g/mol. The van der Waals surface area contributed by atoms with E-state index in [1.165, 1.54) is 0 Å². The smallest absolute Gasteiger partial charge is 0.254 e. The van der Waals surface area contributed by atoms with E-state index in [9.17, 15) is 4.79 Å². The van der Waals surface area contributed by atoms with E-state index < -0.39 is 5.79 Å². The fourth-order valence-electron chi connectivity index (χ4n) is 4.38. The third-order valence-electron chi connectivity index (χ3n) is 6.03. The van der Waals surface area contributed by atoms with Crippen LogP contribution in [-0.4, -0.2) is 52.4 Å². The van der Waals surface area contributed by atoms with Crippen molar-refractivity contribution in [1.29, 1.82) is 0 Å². The number of likely N-dealkylation sites (tertiary alicyclic amines) is 1. The second-order valence-electron chi connectivity index (χ2n) is 7.98. The van der Waals surface area contributed by atoms with Crippen LogP contribution in [0.25, 0.3) is 22.3 Å². The molecule has 2 fully saturated rings. The van der Waals surface area contributed by atoms with Crippen LogP contribution in [0.2, 0.25) is 0 Å². The summed E-state index contributed by atoms with van der Waals surface area (Å²) in [6.45, 7) is 4.59. The zero-order chi connectivity index (χ0) is 20.0. The lowest BCUT2D eigenvalue weighted by Crippen LogP contribution is -2.47. The number of nitrogens with zero attached hydrogens (tertiary/aromatic N) is 3. The van der Waals surface area contributed by atoms with Crippen LogP contribution in [0.15, 0.2) is 42.6 Å². The van der Waals surface area contributed by atoms with Crippen molar-refractivity contribution >= 4 is 16.8 Å². The summed E-state index contributed by atoms with van der Waals surface area (Å²) < 4.78 is 13.6. The van der Waals surface area contributed by atoms with Gasteiger partial charge in [0.15, 0.2) is 5.79 Å². The molecule has 150 valence electrons. The van der Waals surface area contributed by atoms with Gasteiger partial charge >= 0.3 is 0 Å². The Morgan fingerprint density at radius 2 is 1.86 bits per heavy atom. The molecule has 1 amide bonds. The standard InChI is InChI=1S/C23H25N3O3/c1-16-5-6-19-17(14-16)18(15-20(24-19)21-4-3-9-25(21)2)22(27)26-10-7-23(8-11-26)28-12-13-29-23/h3-6,9,14-15H,7-8,10-13H2,1-2H3. The Kier molecular flexibility index (Phi) is 4.41. The van der Waals surface area contributed by atoms with Crippen molar-refractivity contribution in [3.8, 4) is 11.4 Å². The summed E-state index contributed by atoms with van der Waals surface area (Å²) in [5.74, 6) is -0.437. The van der Waals surface area contributed by atoms with Crippen LogP contribution in [0, 0.1) is 6.92 Å². The Hall–Kier alpha value is -2.70. The number of ether oxygens (including phenoxy) is 2. The molecular formula is C23H25N3O3. The summed E-state index contributed by atoms with van der Waals surface area (Å²) in [6.07, 6.45) is 3.42. The number of aromatic nitrogens is 2. The maximum atomic E-state index is 13.5. The number of aryl methyl sites for hydroxylation is 2. The van der Waals surface area contributed by atoms with Gasteiger partial charge in [-0.25, -0.2) is 4.98 Å². The molecule has 5 rings (SSSR count). The third-order valence-corrected chi connectivity index (χ3v) is 6.03. The minimum absolute atomic E-state index is 0.0475. The predicted molar refractivity (Wildman–Crippen MR) is 111 cm³/mol. The maximum Gasteiger partial charge on any atom is 0.254 e. The first-order valence-electron chi connectivity index (χ1n) is 10.1. The van der Waals surface area contributed by atoms with Gasteiger partial charge in [0.1, 0.15) is 0 Å². The van der Waals surface area contributed by atoms with E-state index in [1.54, 1.807) is 0 Å². The molecule has 0 N–H and O–H groups in total. The Balaban J connectivity index is 1.53. The number of carbonyl (C=O) groups is 1. The minimum Gasteiger partial charge on any atom is -0.349 e. The van der Waals surface area contributed by atoms with Gasteiger partial charge < -0.3 is 18.9 Å². The fourth-order valence-corrected chi connectivity index (χ4v) is 4.38. The van der Waals surface area contributed by atoms with Crippen molar-refractivity contribution in [2.24, 2.45) is 7.05 Å². The molecular weight excluding hydrogens is 366 g/mol. The first-order valence-corrected chi connectivity index (χ1v) is 10.1. The number of rotatable bonds is 2. The number of benzene rings is 1. The lowest BCUT2D eigenvalue weighted by molar-refractivity contribution is -0.181. The van der Waals surface area contributed by atoms with Gasteiger partial charge in [-0.15, -0.1) is 0 Å². The second-order valence-corrected chi connectivity index (χ2v) is 7.98. The van der Waals surface area contributed by atoms with Gasteiger partial charge in [-0.1, -0.05) is 11.6 Å². The Labute approximate surface area is 170 Å². The Morgan fingerprint density at radius 3 is 2.55 bits per heavy atom. The number of amides is 1. The molecule has 0 radical (unpaired) electrons. The van der Waals surface area contributed by atoms with Crippen LogP contribution < -0.4 is 0 Å². The number of fused-ring (bicyclic) bond motifs is 1. The fraction of sp³-hybridized carbons (Fsp3) is 0.391. The molecule has 2 saturated heterocycles. The van der Waals surface area contributed by atoms with E-state index in [0.717, 1.165) is 27.9 Å². The van der Waals surface area contributed by atoms with Gasteiger partial charge in [0.25, 0.3) is 5.91 Å². The molecule has 6 heteroatoms. The normalized spacial score (nSPS) is 18.6. The van der Waals surface area contributed by atoms with Gasteiger partial charge in [-0.3, -0.25) is 4.79 Å². The molecule has 6 nitrogen and oxygen atoms in total. The molecule has 0 atom stereocenters. The zero-order valence-electron chi connectivity index (χ0n) is 16.9. The van der Waals surface area contributed by atoms with E-state index in [2.05, 4.69) is 6.07 Å². The van der Waals surface area contributed by atoms with Crippen LogP contribution in [0.3, 0.4) is 0 Å². The van der Waals surface area contributed by atoms with Gasteiger partial charge in [0, 0.05) is 44.6 Å². The van der Waals surface area contributed by atoms with Crippen LogP contribution in [-0.2, 0) is 16.5 Å². The molecule has 4 heterocycles. The Morgan fingerprint density at radius 1 is 1.10 bits per heavy atom. The summed E-state index contributed by atoms with van der Waals surface area (Å²) in [5, 5.41) is 0.904. The first-order chi connectivity index (χ1) is 14.0. The predicted octanol–water partition coefficient (Wildman–Crippen LogP) is 3.53. The van der Waals surface area contributed by atoms with Crippen molar-refractivity contribution < 1.29 is 14.3 Å². The highest BCUT2D eigenvalue weighted by molar-refractivity contribution is 6.07. The molecule has 2 aliphatic rings. The van der Waals surface area contributed by atoms with Crippen LogP contribution >= 0.6 is 0 Å². The second kappa shape index (κ2) is 6.97. The van der Waals surface area contributed by atoms with E-state index in [1.807, 2.05) is 60.0 Å². The molecule has 0 aliphatic carbocycles. The molecule has 3 aromatic rings. The number of carbonyl (C=O) groups excluding carboxylic acids is 1. The minimum atomic E-state index is -0.484. The van der Waals surface area contributed by atoms with E-state index in [0.29, 0.717) is 44.7 Å². The molecule has 0 bridgehead atoms. The summed E-state index contributed by atoms with van der Waals surface area (Å²) in [4.78, 5) is 20.3. The van der Waals surface area contributed by atoms with Crippen LogP contribution in [0.4, 0.5) is 0 Å². The zero-order valence-corrected chi connectivity index (χ0v) is 16.9. The quantitative estimate of drug-likeness (QED) is 0.671. The largest absolute Gasteiger partial charge is 0.349 e. The lowest BCUT2D eigenvalue weighted by Gasteiger charge is -2.37. The highest BCUT2D eigenvalue weighted by Crippen LogP contribution is 2.33. The van der Waals surface area contributed by atoms with Crippen molar-refractivity contribution in [1.82, 2.24) is 14.5 Å². The van der Waals surface area contributed by atoms with Crippen molar-refractivity contribution in [2.45, 2.75) is 25.6 Å². The molecule has 1 spiro atoms. The summed E-state index contributed by atoms with van der Waals surface area (Å²) >= 11 is 0. The van der Waals surface area contributed by atoms with E-state index in [-0.39, 0.29) is 5.91 Å². The van der Waals surface area contributed by atoms with Crippen LogP contribution in [0.5, 0.6) is 0 Å². The number of piperidine rings is 1. The van der Waals surface area contributed by atoms with Gasteiger partial charge in [0.2, 0.25) is 0 Å². The lowest BCUT2D eigenvalue weighted by atomic mass is 10.00. The summed E-state index contributed by atoms with van der Waals surface area (Å²) in [7, 11) is 1.99. The Bertz CT molecular complexity index is 1070. The molecule has 2 aromatic heterocycles. The van der Waals surface area contributed by atoms with Crippen LogP contribution in [0.1, 0.15) is 28.8 Å². The highest BCUT2D eigenvalue weighted by Gasteiger charge is 2.41. The summed E-state index contributed by atoms with van der Waals surface area (Å²) in [6, 6.07) is 12.0. The molecule has 29 heavy (non-hydrogen) atoms. The SMILES string of the molecule is Cc1ccc2nc(-c3cccn3C)cc(C(=O)N3CCC4(CC3)OCCO4)c2c1. The third kappa shape index (κ3) is 3.22. The average Bonchev–Trinajstić information content (AvgIpc) is 3.36. The van der Waals surface area contributed by atoms with E-state index in [4.69, 9.17) is 14.5 Å². The highest BCUT2D eigenvalue weighted by atomic mass is 16.7. The van der Waals surface area contributed by atoms with Gasteiger partial charge in [-0.05, 0) is 37.3 Å². The molecule has 0 saturated carbocycles. The van der Waals surface area contributed by atoms with Gasteiger partial charge in [0.05, 0.1) is 35.7 Å². The molecule has 0 unspecified atom stereocenters. The summed E-state index contributed by atoms with van der Waals surface area (Å²) in [5.41, 5.74) is 4.47. The van der Waals surface area contributed by atoms with Crippen molar-refractivity contribution in [3.05, 3.63) is 53.7 Å². The van der Waals surface area contributed by atoms with Crippen molar-refractivity contribution in [3.63, 3.8) is 0 Å². The molecule has 1 aromatic carbocycles. The number of hydrogen-bond donors (Lipinski definition) is 0. The van der Waals surface area contributed by atoms with Gasteiger partial charge in [-0.2, -0.15) is 0 Å². The molecule has 2 aliphatic heterocycles. The number of pyridine rings is 1. The average molecular weight is 391 g/mol. The topological polar surface area (TPSA) is 56.6 Å². The maximum absolute atomic E-state index is 13.5. The first kappa shape index (κ1) is 18.3. The number of hydrogen-bond acceptors (Lipinski definition) is 4. The van der Waals surface area contributed by atoms with E-state index >= 15 is 0 Å².